The van der Waals surface area contributed by atoms with Crippen LogP contribution in [0.25, 0.3) is 0 Å². The number of benzene rings is 1. The van der Waals surface area contributed by atoms with Gasteiger partial charge in [0.15, 0.2) is 0 Å². The lowest BCUT2D eigenvalue weighted by Gasteiger charge is -2.42. The van der Waals surface area contributed by atoms with E-state index in [0.717, 1.165) is 12.8 Å². The van der Waals surface area contributed by atoms with E-state index >= 15 is 0 Å². The highest BCUT2D eigenvalue weighted by Crippen LogP contribution is 2.42. The minimum atomic E-state index is -0.622. The quantitative estimate of drug-likeness (QED) is 0.631. The first-order valence-electron chi connectivity index (χ1n) is 7.74. The van der Waals surface area contributed by atoms with E-state index in [9.17, 15) is 4.39 Å². The number of hydrogen-bond donors (Lipinski definition) is 0. The Hall–Kier alpha value is -0.410. The van der Waals surface area contributed by atoms with E-state index in [2.05, 4.69) is 36.7 Å². The Morgan fingerprint density at radius 1 is 1.33 bits per heavy atom. The Bertz CT molecular complexity index is 488. The molecule has 0 spiro atoms. The van der Waals surface area contributed by atoms with Gasteiger partial charge in [-0.25, -0.2) is 4.39 Å². The second kappa shape index (κ2) is 6.37. The van der Waals surface area contributed by atoms with Gasteiger partial charge >= 0.3 is 0 Å². The van der Waals surface area contributed by atoms with Gasteiger partial charge in [0, 0.05) is 10.9 Å². The second-order valence-corrected chi connectivity index (χ2v) is 8.06. The second-order valence-electron chi connectivity index (χ2n) is 7.50. The summed E-state index contributed by atoms with van der Waals surface area (Å²) in [4.78, 5) is 0. The van der Waals surface area contributed by atoms with Crippen LogP contribution in [-0.4, -0.2) is 11.4 Å². The fraction of sp³-hybridized carbons (Fsp3) is 0.667. The number of rotatable bonds is 4. The molecule has 1 fully saturated rings. The van der Waals surface area contributed by atoms with Gasteiger partial charge in [0.2, 0.25) is 0 Å². The van der Waals surface area contributed by atoms with Crippen LogP contribution in [0.4, 0.5) is 4.39 Å². The Kier molecular flexibility index (Phi) is 5.15. The minimum Gasteiger partial charge on any atom is -0.366 e. The molecule has 1 aromatic carbocycles. The van der Waals surface area contributed by atoms with Crippen molar-refractivity contribution in [2.75, 3.05) is 5.33 Å². The molecule has 3 atom stereocenters. The molecule has 1 saturated carbocycles. The summed E-state index contributed by atoms with van der Waals surface area (Å²) in [5.74, 6) is 0.460. The Morgan fingerprint density at radius 2 is 2.00 bits per heavy atom. The standard InChI is InChI=1S/C18H26BrFO/c1-13-9-14(11-17(2,3)10-13)21-18(4,12-19)15-7-5-6-8-16(15)20/h5-8,13-14H,9-12H2,1-4H3. The molecule has 3 unspecified atom stereocenters. The van der Waals surface area contributed by atoms with Crippen LogP contribution < -0.4 is 0 Å². The van der Waals surface area contributed by atoms with Gasteiger partial charge in [-0.1, -0.05) is 54.9 Å². The first-order chi connectivity index (χ1) is 9.76. The zero-order chi connectivity index (χ0) is 15.7. The van der Waals surface area contributed by atoms with E-state index in [-0.39, 0.29) is 11.9 Å². The summed E-state index contributed by atoms with van der Waals surface area (Å²) in [6.45, 7) is 8.86. The Balaban J connectivity index is 2.20. The molecular formula is C18H26BrFO. The third-order valence-corrected chi connectivity index (χ3v) is 5.54. The molecule has 21 heavy (non-hydrogen) atoms. The molecule has 1 aromatic rings. The molecular weight excluding hydrogens is 331 g/mol. The van der Waals surface area contributed by atoms with Crippen LogP contribution in [0.5, 0.6) is 0 Å². The van der Waals surface area contributed by atoms with Gasteiger partial charge in [0.05, 0.1) is 6.10 Å². The Labute approximate surface area is 136 Å². The smallest absolute Gasteiger partial charge is 0.129 e. The van der Waals surface area contributed by atoms with Crippen LogP contribution in [0.3, 0.4) is 0 Å². The highest BCUT2D eigenvalue weighted by atomic mass is 79.9. The first-order valence-corrected chi connectivity index (χ1v) is 8.87. The van der Waals surface area contributed by atoms with Crippen molar-refractivity contribution in [2.24, 2.45) is 11.3 Å². The van der Waals surface area contributed by atoms with E-state index in [1.807, 2.05) is 19.1 Å². The molecule has 0 radical (unpaired) electrons. The van der Waals surface area contributed by atoms with Gasteiger partial charge in [0.1, 0.15) is 11.4 Å². The number of ether oxygens (including phenoxy) is 1. The van der Waals surface area contributed by atoms with Crippen molar-refractivity contribution >= 4 is 15.9 Å². The van der Waals surface area contributed by atoms with Crippen LogP contribution in [0.2, 0.25) is 0 Å². The highest BCUT2D eigenvalue weighted by Gasteiger charge is 2.38. The average Bonchev–Trinajstić information content (AvgIpc) is 2.36. The molecule has 0 aliphatic heterocycles. The summed E-state index contributed by atoms with van der Waals surface area (Å²) in [6, 6.07) is 6.93. The molecule has 1 aliphatic carbocycles. The lowest BCUT2D eigenvalue weighted by molar-refractivity contribution is -0.112. The van der Waals surface area contributed by atoms with Crippen molar-refractivity contribution in [3.05, 3.63) is 35.6 Å². The number of halogens is 2. The summed E-state index contributed by atoms with van der Waals surface area (Å²) in [5.41, 5.74) is 0.311. The molecule has 0 bridgehead atoms. The number of alkyl halides is 1. The molecule has 1 nitrogen and oxygen atoms in total. The fourth-order valence-electron chi connectivity index (χ4n) is 3.77. The summed E-state index contributed by atoms with van der Waals surface area (Å²) in [6.07, 6.45) is 3.51. The minimum absolute atomic E-state index is 0.186. The fourth-order valence-corrected chi connectivity index (χ4v) is 4.21. The monoisotopic (exact) mass is 356 g/mol. The maximum absolute atomic E-state index is 14.2. The molecule has 1 aliphatic rings. The SMILES string of the molecule is CC1CC(OC(C)(CBr)c2ccccc2F)CC(C)(C)C1. The molecule has 118 valence electrons. The van der Waals surface area contributed by atoms with Gasteiger partial charge in [0.25, 0.3) is 0 Å². The molecule has 0 heterocycles. The van der Waals surface area contributed by atoms with E-state index in [1.165, 1.54) is 12.5 Å². The van der Waals surface area contributed by atoms with Crippen LogP contribution in [-0.2, 0) is 10.3 Å². The van der Waals surface area contributed by atoms with E-state index in [4.69, 9.17) is 4.74 Å². The molecule has 0 aromatic heterocycles. The molecule has 0 amide bonds. The van der Waals surface area contributed by atoms with Crippen molar-refractivity contribution in [2.45, 2.75) is 58.7 Å². The molecule has 2 rings (SSSR count). The van der Waals surface area contributed by atoms with Gasteiger partial charge in [-0.15, -0.1) is 0 Å². The normalized spacial score (nSPS) is 28.1. The lowest BCUT2D eigenvalue weighted by atomic mass is 9.71. The predicted octanol–water partition coefficient (Wildman–Crippen LogP) is 5.67. The van der Waals surface area contributed by atoms with Gasteiger partial charge in [-0.2, -0.15) is 0 Å². The summed E-state index contributed by atoms with van der Waals surface area (Å²) >= 11 is 3.52. The third-order valence-electron chi connectivity index (χ3n) is 4.47. The van der Waals surface area contributed by atoms with Gasteiger partial charge in [-0.3, -0.25) is 0 Å². The topological polar surface area (TPSA) is 9.23 Å². The van der Waals surface area contributed by atoms with Crippen molar-refractivity contribution < 1.29 is 9.13 Å². The zero-order valence-corrected chi connectivity index (χ0v) is 15.0. The third kappa shape index (κ3) is 4.07. The van der Waals surface area contributed by atoms with Crippen molar-refractivity contribution in [1.82, 2.24) is 0 Å². The molecule has 0 saturated heterocycles. The predicted molar refractivity (Wildman–Crippen MR) is 89.2 cm³/mol. The van der Waals surface area contributed by atoms with E-state index in [0.29, 0.717) is 22.2 Å². The summed E-state index contributed by atoms with van der Waals surface area (Å²) < 4.78 is 20.6. The summed E-state index contributed by atoms with van der Waals surface area (Å²) in [5, 5.41) is 0.590. The molecule has 0 N–H and O–H groups in total. The Morgan fingerprint density at radius 3 is 2.57 bits per heavy atom. The lowest BCUT2D eigenvalue weighted by Crippen LogP contribution is -2.39. The van der Waals surface area contributed by atoms with Crippen LogP contribution in [0.15, 0.2) is 24.3 Å². The van der Waals surface area contributed by atoms with E-state index in [1.54, 1.807) is 6.07 Å². The maximum Gasteiger partial charge on any atom is 0.129 e. The van der Waals surface area contributed by atoms with Crippen LogP contribution >= 0.6 is 15.9 Å². The zero-order valence-electron chi connectivity index (χ0n) is 13.5. The van der Waals surface area contributed by atoms with Gasteiger partial charge < -0.3 is 4.74 Å². The van der Waals surface area contributed by atoms with Crippen LogP contribution in [0, 0.1) is 17.2 Å². The average molecular weight is 357 g/mol. The first kappa shape index (κ1) is 17.0. The largest absolute Gasteiger partial charge is 0.366 e. The molecule has 3 heteroatoms. The summed E-state index contributed by atoms with van der Waals surface area (Å²) in [7, 11) is 0. The van der Waals surface area contributed by atoms with Crippen LogP contribution in [0.1, 0.15) is 52.5 Å². The highest BCUT2D eigenvalue weighted by molar-refractivity contribution is 9.09. The van der Waals surface area contributed by atoms with Crippen molar-refractivity contribution in [1.29, 1.82) is 0 Å². The number of hydrogen-bond acceptors (Lipinski definition) is 1. The maximum atomic E-state index is 14.2. The van der Waals surface area contributed by atoms with Crippen molar-refractivity contribution in [3.63, 3.8) is 0 Å². The van der Waals surface area contributed by atoms with E-state index < -0.39 is 5.60 Å². The van der Waals surface area contributed by atoms with Gasteiger partial charge in [-0.05, 0) is 43.6 Å². The van der Waals surface area contributed by atoms with Crippen molar-refractivity contribution in [3.8, 4) is 0 Å².